The van der Waals surface area contributed by atoms with Gasteiger partial charge >= 0.3 is 0 Å². The van der Waals surface area contributed by atoms with E-state index in [-0.39, 0.29) is 18.0 Å². The van der Waals surface area contributed by atoms with Crippen LogP contribution in [0.15, 0.2) is 35.1 Å². The third kappa shape index (κ3) is 2.77. The molecule has 0 aliphatic carbocycles. The number of benzene rings is 1. The van der Waals surface area contributed by atoms with Crippen molar-refractivity contribution in [1.29, 1.82) is 0 Å². The molecule has 22 heavy (non-hydrogen) atoms. The van der Waals surface area contributed by atoms with Crippen LogP contribution in [0.5, 0.6) is 0 Å². The number of carbonyl (C=O) groups is 1. The Hall–Kier alpha value is -2.50. The first kappa shape index (κ1) is 15.9. The standard InChI is InChI=1S/C16H22N4O2/c1-12-15(18(4)11-14(21)17(2)3)16(22)20(19(12)5)13-9-7-6-8-10-13/h6-10H,11H2,1-5H3. The lowest BCUT2D eigenvalue weighted by molar-refractivity contribution is -0.127. The number of likely N-dealkylation sites (N-methyl/N-ethyl adjacent to an activating group) is 2. The lowest BCUT2D eigenvalue weighted by Gasteiger charge is -2.19. The molecule has 0 aliphatic rings. The Labute approximate surface area is 130 Å². The van der Waals surface area contributed by atoms with Gasteiger partial charge in [0.2, 0.25) is 5.91 Å². The molecule has 0 saturated heterocycles. The minimum atomic E-state index is -0.125. The van der Waals surface area contributed by atoms with Crippen LogP contribution in [0.4, 0.5) is 5.69 Å². The van der Waals surface area contributed by atoms with Crippen molar-refractivity contribution >= 4 is 11.6 Å². The Balaban J connectivity index is 2.47. The van der Waals surface area contributed by atoms with E-state index in [1.807, 2.05) is 49.0 Å². The Morgan fingerprint density at radius 3 is 2.27 bits per heavy atom. The molecule has 2 rings (SSSR count). The van der Waals surface area contributed by atoms with E-state index in [9.17, 15) is 9.59 Å². The van der Waals surface area contributed by atoms with Gasteiger partial charge < -0.3 is 9.80 Å². The van der Waals surface area contributed by atoms with Gasteiger partial charge in [-0.1, -0.05) is 18.2 Å². The molecule has 1 aromatic carbocycles. The van der Waals surface area contributed by atoms with E-state index in [1.165, 1.54) is 4.90 Å². The highest BCUT2D eigenvalue weighted by Gasteiger charge is 2.21. The molecule has 0 bridgehead atoms. The topological polar surface area (TPSA) is 50.5 Å². The van der Waals surface area contributed by atoms with E-state index in [0.29, 0.717) is 5.69 Å². The fourth-order valence-electron chi connectivity index (χ4n) is 2.42. The predicted molar refractivity (Wildman–Crippen MR) is 87.7 cm³/mol. The molecular weight excluding hydrogens is 280 g/mol. The smallest absolute Gasteiger partial charge is 0.295 e. The van der Waals surface area contributed by atoms with Crippen molar-refractivity contribution in [3.8, 4) is 5.69 Å². The summed E-state index contributed by atoms with van der Waals surface area (Å²) in [5.41, 5.74) is 2.04. The second kappa shape index (κ2) is 6.09. The highest BCUT2D eigenvalue weighted by atomic mass is 16.2. The molecule has 2 aromatic rings. The number of aromatic nitrogens is 2. The zero-order valence-electron chi connectivity index (χ0n) is 13.7. The van der Waals surface area contributed by atoms with Crippen molar-refractivity contribution in [1.82, 2.24) is 14.3 Å². The van der Waals surface area contributed by atoms with Crippen molar-refractivity contribution in [2.24, 2.45) is 7.05 Å². The van der Waals surface area contributed by atoms with Crippen LogP contribution in [0, 0.1) is 6.92 Å². The average molecular weight is 302 g/mol. The number of para-hydroxylation sites is 1. The molecule has 0 atom stereocenters. The fourth-order valence-corrected chi connectivity index (χ4v) is 2.42. The summed E-state index contributed by atoms with van der Waals surface area (Å²) >= 11 is 0. The predicted octanol–water partition coefficient (Wildman–Crippen LogP) is 1.01. The van der Waals surface area contributed by atoms with E-state index in [1.54, 1.807) is 30.7 Å². The number of amides is 1. The molecule has 0 spiro atoms. The van der Waals surface area contributed by atoms with Crippen LogP contribution in [0.3, 0.4) is 0 Å². The summed E-state index contributed by atoms with van der Waals surface area (Å²) in [4.78, 5) is 27.9. The van der Waals surface area contributed by atoms with E-state index >= 15 is 0 Å². The lowest BCUT2D eigenvalue weighted by atomic mass is 10.3. The molecule has 1 amide bonds. The molecular formula is C16H22N4O2. The number of rotatable bonds is 4. The van der Waals surface area contributed by atoms with Gasteiger partial charge in [0.1, 0.15) is 5.69 Å². The summed E-state index contributed by atoms with van der Waals surface area (Å²) in [6, 6.07) is 9.46. The SMILES string of the molecule is Cc1c(N(C)CC(=O)N(C)C)c(=O)n(-c2ccccc2)n1C. The maximum absolute atomic E-state index is 12.8. The van der Waals surface area contributed by atoms with E-state index in [2.05, 4.69) is 0 Å². The molecule has 6 nitrogen and oxygen atoms in total. The monoisotopic (exact) mass is 302 g/mol. The summed E-state index contributed by atoms with van der Waals surface area (Å²) in [5, 5.41) is 0. The first-order valence-corrected chi connectivity index (χ1v) is 7.10. The summed E-state index contributed by atoms with van der Waals surface area (Å²) in [5.74, 6) is -0.0450. The van der Waals surface area contributed by atoms with Crippen LogP contribution in [0.1, 0.15) is 5.69 Å². The number of carbonyl (C=O) groups excluding carboxylic acids is 1. The first-order valence-electron chi connectivity index (χ1n) is 7.10. The highest BCUT2D eigenvalue weighted by Crippen LogP contribution is 2.17. The fraction of sp³-hybridized carbons (Fsp3) is 0.375. The van der Waals surface area contributed by atoms with Gasteiger partial charge in [-0.05, 0) is 19.1 Å². The van der Waals surface area contributed by atoms with Crippen LogP contribution >= 0.6 is 0 Å². The highest BCUT2D eigenvalue weighted by molar-refractivity contribution is 5.81. The lowest BCUT2D eigenvalue weighted by Crippen LogP contribution is -2.36. The van der Waals surface area contributed by atoms with Crippen molar-refractivity contribution < 1.29 is 4.79 Å². The summed E-state index contributed by atoms with van der Waals surface area (Å²) < 4.78 is 3.42. The third-order valence-corrected chi connectivity index (χ3v) is 3.78. The maximum Gasteiger partial charge on any atom is 0.295 e. The van der Waals surface area contributed by atoms with Gasteiger partial charge in [0.25, 0.3) is 5.56 Å². The molecule has 1 heterocycles. The van der Waals surface area contributed by atoms with Gasteiger partial charge in [-0.3, -0.25) is 14.3 Å². The molecule has 0 aliphatic heterocycles. The summed E-state index contributed by atoms with van der Waals surface area (Å²) in [6.45, 7) is 2.05. The normalized spacial score (nSPS) is 10.6. The van der Waals surface area contributed by atoms with Crippen LogP contribution in [-0.4, -0.2) is 47.9 Å². The number of nitrogens with zero attached hydrogens (tertiary/aromatic N) is 4. The Kier molecular flexibility index (Phi) is 4.40. The molecule has 0 unspecified atom stereocenters. The van der Waals surface area contributed by atoms with Gasteiger partial charge in [-0.25, -0.2) is 4.68 Å². The van der Waals surface area contributed by atoms with Crippen LogP contribution in [0.2, 0.25) is 0 Å². The van der Waals surface area contributed by atoms with Crippen LogP contribution in [-0.2, 0) is 11.8 Å². The van der Waals surface area contributed by atoms with Crippen molar-refractivity contribution in [2.45, 2.75) is 6.92 Å². The number of hydrogen-bond acceptors (Lipinski definition) is 3. The minimum Gasteiger partial charge on any atom is -0.359 e. The Bertz CT molecular complexity index is 729. The number of hydrogen-bond donors (Lipinski definition) is 0. The van der Waals surface area contributed by atoms with Gasteiger partial charge in [0.15, 0.2) is 0 Å². The van der Waals surface area contributed by atoms with Crippen LogP contribution in [0.25, 0.3) is 5.69 Å². The van der Waals surface area contributed by atoms with Crippen molar-refractivity contribution in [3.63, 3.8) is 0 Å². The summed E-state index contributed by atoms with van der Waals surface area (Å²) in [6.07, 6.45) is 0. The van der Waals surface area contributed by atoms with E-state index in [4.69, 9.17) is 0 Å². The van der Waals surface area contributed by atoms with Crippen molar-refractivity contribution in [3.05, 3.63) is 46.4 Å². The zero-order chi connectivity index (χ0) is 16.4. The molecule has 0 fully saturated rings. The van der Waals surface area contributed by atoms with Gasteiger partial charge in [-0.2, -0.15) is 0 Å². The van der Waals surface area contributed by atoms with E-state index < -0.39 is 0 Å². The molecule has 0 N–H and O–H groups in total. The van der Waals surface area contributed by atoms with Crippen molar-refractivity contribution in [2.75, 3.05) is 32.6 Å². The van der Waals surface area contributed by atoms with Gasteiger partial charge in [0, 0.05) is 28.2 Å². The Morgan fingerprint density at radius 2 is 1.73 bits per heavy atom. The third-order valence-electron chi connectivity index (χ3n) is 3.78. The molecule has 0 radical (unpaired) electrons. The second-order valence-electron chi connectivity index (χ2n) is 5.55. The average Bonchev–Trinajstić information content (AvgIpc) is 2.70. The van der Waals surface area contributed by atoms with Crippen LogP contribution < -0.4 is 10.5 Å². The minimum absolute atomic E-state index is 0.0450. The van der Waals surface area contributed by atoms with Gasteiger partial charge in [-0.15, -0.1) is 0 Å². The first-order chi connectivity index (χ1) is 10.3. The summed E-state index contributed by atoms with van der Waals surface area (Å²) in [7, 11) is 7.02. The molecule has 0 saturated carbocycles. The largest absolute Gasteiger partial charge is 0.359 e. The number of anilines is 1. The Morgan fingerprint density at radius 1 is 1.14 bits per heavy atom. The quantitative estimate of drug-likeness (QED) is 0.847. The second-order valence-corrected chi connectivity index (χ2v) is 5.55. The maximum atomic E-state index is 12.8. The zero-order valence-corrected chi connectivity index (χ0v) is 13.7. The van der Waals surface area contributed by atoms with E-state index in [0.717, 1.165) is 11.4 Å². The van der Waals surface area contributed by atoms with Gasteiger partial charge in [0.05, 0.1) is 17.9 Å². The molecule has 118 valence electrons. The molecule has 6 heteroatoms. The molecule has 1 aromatic heterocycles.